The van der Waals surface area contributed by atoms with Crippen LogP contribution >= 0.6 is 11.6 Å². The predicted octanol–water partition coefficient (Wildman–Crippen LogP) is 3.26. The average molecular weight is 269 g/mol. The molecule has 0 aliphatic rings. The van der Waals surface area contributed by atoms with Gasteiger partial charge in [-0.3, -0.25) is 4.98 Å². The van der Waals surface area contributed by atoms with Gasteiger partial charge in [0, 0.05) is 17.3 Å². The fourth-order valence-electron chi connectivity index (χ4n) is 1.67. The zero-order valence-corrected chi connectivity index (χ0v) is 10.2. The van der Waals surface area contributed by atoms with E-state index in [1.165, 1.54) is 24.4 Å². The first-order valence-corrected chi connectivity index (χ1v) is 5.74. The maximum atomic E-state index is 13.0. The summed E-state index contributed by atoms with van der Waals surface area (Å²) in [4.78, 5) is 3.74. The van der Waals surface area contributed by atoms with E-state index in [0.29, 0.717) is 17.0 Å². The molecule has 1 aromatic heterocycles. The first kappa shape index (κ1) is 12.9. The number of nitrogens with zero attached hydrogens (tertiary/aromatic N) is 1. The lowest BCUT2D eigenvalue weighted by molar-refractivity contribution is 0.610. The first-order valence-electron chi connectivity index (χ1n) is 5.36. The van der Waals surface area contributed by atoms with Crippen LogP contribution in [-0.2, 0) is 6.42 Å². The molecule has 0 saturated heterocycles. The van der Waals surface area contributed by atoms with E-state index in [9.17, 15) is 8.78 Å². The molecule has 0 fully saturated rings. The summed E-state index contributed by atoms with van der Waals surface area (Å²) in [6.07, 6.45) is 3.01. The smallest absolute Gasteiger partial charge is 0.141 e. The Morgan fingerprint density at radius 3 is 2.61 bits per heavy atom. The molecule has 2 rings (SSSR count). The van der Waals surface area contributed by atoms with Crippen LogP contribution in [0.25, 0.3) is 0 Å². The molecular formula is C13H11ClF2N2. The second kappa shape index (κ2) is 5.42. The van der Waals surface area contributed by atoms with Crippen LogP contribution in [-0.4, -0.2) is 4.98 Å². The van der Waals surface area contributed by atoms with Gasteiger partial charge in [-0.05, 0) is 35.7 Å². The second-order valence-corrected chi connectivity index (χ2v) is 4.39. The van der Waals surface area contributed by atoms with Crippen LogP contribution in [0.2, 0.25) is 5.02 Å². The molecule has 1 unspecified atom stereocenters. The third-order valence-electron chi connectivity index (χ3n) is 2.61. The molecule has 0 aliphatic carbocycles. The zero-order valence-electron chi connectivity index (χ0n) is 9.41. The van der Waals surface area contributed by atoms with Crippen LogP contribution in [0.1, 0.15) is 17.2 Å². The van der Waals surface area contributed by atoms with Crippen LogP contribution in [0.3, 0.4) is 0 Å². The van der Waals surface area contributed by atoms with Crippen LogP contribution < -0.4 is 5.73 Å². The summed E-state index contributed by atoms with van der Waals surface area (Å²) < 4.78 is 25.9. The topological polar surface area (TPSA) is 38.9 Å². The Kier molecular flexibility index (Phi) is 3.89. The minimum atomic E-state index is -0.437. The van der Waals surface area contributed by atoms with Crippen molar-refractivity contribution in [3.63, 3.8) is 0 Å². The van der Waals surface area contributed by atoms with Crippen molar-refractivity contribution in [3.05, 3.63) is 64.4 Å². The lowest BCUT2D eigenvalue weighted by atomic mass is 10.0. The Balaban J connectivity index is 2.18. The monoisotopic (exact) mass is 268 g/mol. The number of halogens is 3. The highest BCUT2D eigenvalue weighted by molar-refractivity contribution is 6.31. The largest absolute Gasteiger partial charge is 0.324 e. The molecule has 0 bridgehead atoms. The highest BCUT2D eigenvalue weighted by Gasteiger charge is 2.11. The molecule has 2 N–H and O–H groups in total. The van der Waals surface area contributed by atoms with Gasteiger partial charge in [0.1, 0.15) is 11.6 Å². The number of nitrogens with two attached hydrogens (primary N) is 1. The lowest BCUT2D eigenvalue weighted by Crippen LogP contribution is -2.14. The molecule has 1 aromatic carbocycles. The summed E-state index contributed by atoms with van der Waals surface area (Å²) in [6, 6.07) is 5.01. The summed E-state index contributed by atoms with van der Waals surface area (Å²) >= 11 is 5.91. The van der Waals surface area contributed by atoms with E-state index < -0.39 is 17.7 Å². The number of aromatic nitrogens is 1. The fraction of sp³-hybridized carbons (Fsp3) is 0.154. The Labute approximate surface area is 108 Å². The molecule has 5 heteroatoms. The fourth-order valence-corrected chi connectivity index (χ4v) is 1.92. The van der Waals surface area contributed by atoms with Crippen LogP contribution in [0.15, 0.2) is 36.7 Å². The van der Waals surface area contributed by atoms with Gasteiger partial charge < -0.3 is 5.73 Å². The van der Waals surface area contributed by atoms with Crippen molar-refractivity contribution >= 4 is 11.6 Å². The Morgan fingerprint density at radius 1 is 1.17 bits per heavy atom. The summed E-state index contributed by atoms with van der Waals surface area (Å²) in [5.74, 6) is -0.835. The zero-order chi connectivity index (χ0) is 13.1. The van der Waals surface area contributed by atoms with Crippen molar-refractivity contribution in [3.8, 4) is 0 Å². The highest BCUT2D eigenvalue weighted by atomic mass is 35.5. The van der Waals surface area contributed by atoms with Crippen molar-refractivity contribution in [1.29, 1.82) is 0 Å². The van der Waals surface area contributed by atoms with Gasteiger partial charge in [-0.2, -0.15) is 0 Å². The van der Waals surface area contributed by atoms with Crippen molar-refractivity contribution in [2.45, 2.75) is 12.5 Å². The highest BCUT2D eigenvalue weighted by Crippen LogP contribution is 2.23. The van der Waals surface area contributed by atoms with Gasteiger partial charge in [0.25, 0.3) is 0 Å². The van der Waals surface area contributed by atoms with Gasteiger partial charge in [-0.25, -0.2) is 8.78 Å². The number of hydrogen-bond donors (Lipinski definition) is 1. The van der Waals surface area contributed by atoms with Crippen molar-refractivity contribution < 1.29 is 8.78 Å². The van der Waals surface area contributed by atoms with E-state index in [4.69, 9.17) is 17.3 Å². The molecule has 94 valence electrons. The summed E-state index contributed by atoms with van der Waals surface area (Å²) in [5, 5.41) is 0.315. The van der Waals surface area contributed by atoms with Gasteiger partial charge in [-0.1, -0.05) is 17.7 Å². The number of pyridine rings is 1. The summed E-state index contributed by atoms with van der Waals surface area (Å²) in [7, 11) is 0. The Hall–Kier alpha value is -1.52. The maximum absolute atomic E-state index is 13.0. The first-order chi connectivity index (χ1) is 8.56. The molecule has 0 amide bonds. The lowest BCUT2D eigenvalue weighted by Gasteiger charge is -2.12. The molecular weight excluding hydrogens is 258 g/mol. The second-order valence-electron chi connectivity index (χ2n) is 3.98. The Morgan fingerprint density at radius 2 is 1.94 bits per heavy atom. The Bertz CT molecular complexity index is 560. The van der Waals surface area contributed by atoms with Gasteiger partial charge in [0.05, 0.1) is 6.20 Å². The number of hydrogen-bond acceptors (Lipinski definition) is 2. The molecule has 0 saturated carbocycles. The molecule has 0 spiro atoms. The molecule has 18 heavy (non-hydrogen) atoms. The average Bonchev–Trinajstić information content (AvgIpc) is 2.32. The standard InChI is InChI=1S/C13H11ClF2N2/c14-12-5-10(15)2-1-8(12)4-13(17)9-3-11(16)7-18-6-9/h1-3,5-7,13H,4,17H2. The van der Waals surface area contributed by atoms with Gasteiger partial charge in [-0.15, -0.1) is 0 Å². The van der Waals surface area contributed by atoms with Crippen LogP contribution in [0.5, 0.6) is 0 Å². The minimum Gasteiger partial charge on any atom is -0.324 e. The van der Waals surface area contributed by atoms with E-state index in [1.807, 2.05) is 0 Å². The van der Waals surface area contributed by atoms with Crippen LogP contribution in [0.4, 0.5) is 8.78 Å². The van der Waals surface area contributed by atoms with E-state index in [0.717, 1.165) is 11.8 Å². The number of rotatable bonds is 3. The van der Waals surface area contributed by atoms with E-state index >= 15 is 0 Å². The van der Waals surface area contributed by atoms with Crippen molar-refractivity contribution in [1.82, 2.24) is 4.98 Å². The number of benzene rings is 1. The molecule has 1 atom stereocenters. The predicted molar refractivity (Wildman–Crippen MR) is 66.2 cm³/mol. The quantitative estimate of drug-likeness (QED) is 0.928. The molecule has 2 aromatic rings. The minimum absolute atomic E-state index is 0.315. The SMILES string of the molecule is NC(Cc1ccc(F)cc1Cl)c1cncc(F)c1. The maximum Gasteiger partial charge on any atom is 0.141 e. The van der Waals surface area contributed by atoms with Crippen molar-refractivity contribution in [2.24, 2.45) is 5.73 Å². The van der Waals surface area contributed by atoms with Crippen LogP contribution in [0, 0.1) is 11.6 Å². The van der Waals surface area contributed by atoms with Gasteiger partial charge >= 0.3 is 0 Å². The molecule has 1 heterocycles. The van der Waals surface area contributed by atoms with Gasteiger partial charge in [0.2, 0.25) is 0 Å². The molecule has 0 radical (unpaired) electrons. The molecule has 2 nitrogen and oxygen atoms in total. The normalized spacial score (nSPS) is 12.4. The third kappa shape index (κ3) is 3.03. The van der Waals surface area contributed by atoms with E-state index in [-0.39, 0.29) is 0 Å². The molecule has 0 aliphatic heterocycles. The van der Waals surface area contributed by atoms with Gasteiger partial charge in [0.15, 0.2) is 0 Å². The summed E-state index contributed by atoms with van der Waals surface area (Å²) in [6.45, 7) is 0. The van der Waals surface area contributed by atoms with E-state index in [2.05, 4.69) is 4.98 Å². The summed E-state index contributed by atoms with van der Waals surface area (Å²) in [5.41, 5.74) is 7.24. The van der Waals surface area contributed by atoms with Crippen molar-refractivity contribution in [2.75, 3.05) is 0 Å². The third-order valence-corrected chi connectivity index (χ3v) is 2.96. The van der Waals surface area contributed by atoms with E-state index in [1.54, 1.807) is 6.07 Å².